The molecule has 1 aromatic rings. The highest BCUT2D eigenvalue weighted by Crippen LogP contribution is 2.36. The van der Waals surface area contributed by atoms with Gasteiger partial charge < -0.3 is 10.1 Å². The van der Waals surface area contributed by atoms with E-state index in [4.69, 9.17) is 4.74 Å². The predicted octanol–water partition coefficient (Wildman–Crippen LogP) is 3.64. The molecule has 2 unspecified atom stereocenters. The lowest BCUT2D eigenvalue weighted by Gasteiger charge is -2.28. The van der Waals surface area contributed by atoms with E-state index in [0.29, 0.717) is 0 Å². The second kappa shape index (κ2) is 5.97. The van der Waals surface area contributed by atoms with Crippen molar-refractivity contribution in [2.24, 2.45) is 0 Å². The zero-order valence-corrected chi connectivity index (χ0v) is 11.6. The molecule has 2 aliphatic rings. The van der Waals surface area contributed by atoms with Crippen molar-refractivity contribution in [2.75, 3.05) is 12.3 Å². The summed E-state index contributed by atoms with van der Waals surface area (Å²) in [6.45, 7) is 0.829. The summed E-state index contributed by atoms with van der Waals surface area (Å²) in [7, 11) is 0. The van der Waals surface area contributed by atoms with Crippen LogP contribution in [0.5, 0.6) is 0 Å². The van der Waals surface area contributed by atoms with Crippen LogP contribution in [0.25, 0.3) is 0 Å². The molecule has 0 radical (unpaired) electrons. The summed E-state index contributed by atoms with van der Waals surface area (Å²) in [5.41, 5.74) is 1.10. The first-order valence-electron chi connectivity index (χ1n) is 6.79. The maximum absolute atomic E-state index is 13.4. The molecule has 1 N–H and O–H groups in total. The van der Waals surface area contributed by atoms with Crippen LogP contribution in [-0.4, -0.2) is 18.4 Å². The minimum Gasteiger partial charge on any atom is -0.497 e. The molecule has 2 atom stereocenters. The van der Waals surface area contributed by atoms with Gasteiger partial charge in [0.2, 0.25) is 0 Å². The van der Waals surface area contributed by atoms with E-state index >= 15 is 0 Å². The Morgan fingerprint density at radius 1 is 1.37 bits per heavy atom. The van der Waals surface area contributed by atoms with Crippen LogP contribution in [0.1, 0.15) is 30.9 Å². The van der Waals surface area contributed by atoms with Crippen molar-refractivity contribution in [2.45, 2.75) is 36.3 Å². The van der Waals surface area contributed by atoms with Crippen LogP contribution in [0.4, 0.5) is 4.39 Å². The molecule has 0 aliphatic carbocycles. The zero-order chi connectivity index (χ0) is 13.1. The highest BCUT2D eigenvalue weighted by Gasteiger charge is 2.22. The molecule has 1 aromatic carbocycles. The Hall–Kier alpha value is -1.000. The Balaban J connectivity index is 1.66. The van der Waals surface area contributed by atoms with Gasteiger partial charge in [0.25, 0.3) is 0 Å². The fraction of sp³-hybridized carbons (Fsp3) is 0.467. The van der Waals surface area contributed by atoms with Gasteiger partial charge in [0.15, 0.2) is 0 Å². The third-order valence-corrected chi connectivity index (χ3v) is 4.75. The fourth-order valence-electron chi connectivity index (χ4n) is 2.59. The molecule has 2 heterocycles. The third-order valence-electron chi connectivity index (χ3n) is 3.63. The predicted molar refractivity (Wildman–Crippen MR) is 75.7 cm³/mol. The molecule has 0 aromatic heterocycles. The van der Waals surface area contributed by atoms with Gasteiger partial charge in [-0.3, -0.25) is 0 Å². The van der Waals surface area contributed by atoms with Gasteiger partial charge in [0.05, 0.1) is 6.26 Å². The summed E-state index contributed by atoms with van der Waals surface area (Å²) in [6.07, 6.45) is 7.28. The van der Waals surface area contributed by atoms with E-state index in [9.17, 15) is 4.39 Å². The molecule has 0 amide bonds. The molecule has 3 rings (SSSR count). The molecule has 0 saturated heterocycles. The van der Waals surface area contributed by atoms with E-state index in [0.717, 1.165) is 37.1 Å². The van der Waals surface area contributed by atoms with Crippen LogP contribution in [0.2, 0.25) is 0 Å². The Labute approximate surface area is 117 Å². The number of hydrogen-bond acceptors (Lipinski definition) is 3. The first kappa shape index (κ1) is 13.0. The van der Waals surface area contributed by atoms with Crippen LogP contribution in [-0.2, 0) is 4.74 Å². The molecule has 0 bridgehead atoms. The fourth-order valence-corrected chi connectivity index (χ4v) is 3.69. The van der Waals surface area contributed by atoms with E-state index in [-0.39, 0.29) is 18.0 Å². The van der Waals surface area contributed by atoms with Gasteiger partial charge in [-0.15, -0.1) is 11.8 Å². The molecule has 2 aliphatic heterocycles. The minimum atomic E-state index is -0.148. The van der Waals surface area contributed by atoms with Crippen LogP contribution < -0.4 is 5.32 Å². The number of allylic oxidation sites excluding steroid dienone is 1. The molecular weight excluding hydrogens is 261 g/mol. The second-order valence-electron chi connectivity index (χ2n) is 4.99. The Morgan fingerprint density at radius 2 is 2.32 bits per heavy atom. The van der Waals surface area contributed by atoms with Crippen molar-refractivity contribution in [1.29, 1.82) is 0 Å². The number of ether oxygens (including phenoxy) is 1. The molecule has 0 spiro atoms. The molecule has 0 fully saturated rings. The largest absolute Gasteiger partial charge is 0.497 e. The normalized spacial score (nSPS) is 25.7. The van der Waals surface area contributed by atoms with Gasteiger partial charge in [0, 0.05) is 17.5 Å². The van der Waals surface area contributed by atoms with Gasteiger partial charge in [-0.05, 0) is 54.9 Å². The van der Waals surface area contributed by atoms with E-state index < -0.39 is 0 Å². The lowest BCUT2D eigenvalue weighted by Crippen LogP contribution is -2.33. The number of halogens is 1. The van der Waals surface area contributed by atoms with Crippen molar-refractivity contribution in [3.8, 4) is 0 Å². The van der Waals surface area contributed by atoms with Crippen LogP contribution in [0, 0.1) is 5.82 Å². The van der Waals surface area contributed by atoms with Crippen molar-refractivity contribution in [1.82, 2.24) is 5.32 Å². The Morgan fingerprint density at radius 3 is 3.16 bits per heavy atom. The number of hydrogen-bond donors (Lipinski definition) is 1. The topological polar surface area (TPSA) is 21.3 Å². The average Bonchev–Trinajstić information content (AvgIpc) is 2.46. The molecule has 4 heteroatoms. The van der Waals surface area contributed by atoms with Gasteiger partial charge in [-0.25, -0.2) is 4.39 Å². The van der Waals surface area contributed by atoms with Crippen LogP contribution >= 0.6 is 11.8 Å². The van der Waals surface area contributed by atoms with Gasteiger partial charge >= 0.3 is 0 Å². The van der Waals surface area contributed by atoms with E-state index in [1.54, 1.807) is 18.4 Å². The summed E-state index contributed by atoms with van der Waals surface area (Å²) < 4.78 is 19.0. The first-order valence-corrected chi connectivity index (χ1v) is 7.77. The minimum absolute atomic E-state index is 0.148. The maximum atomic E-state index is 13.4. The number of fused-ring (bicyclic) bond motifs is 1. The van der Waals surface area contributed by atoms with E-state index in [2.05, 4.69) is 11.4 Å². The standard InChI is InChI=1S/C15H18FNOS/c16-11-4-5-15-13(9-11)14(6-8-19-15)17-10-12-3-1-2-7-18-12/h2,4-5,7,9,12,14,17H,1,3,6,8,10H2. The highest BCUT2D eigenvalue weighted by molar-refractivity contribution is 7.99. The molecule has 19 heavy (non-hydrogen) atoms. The molecule has 2 nitrogen and oxygen atoms in total. The second-order valence-corrected chi connectivity index (χ2v) is 6.12. The zero-order valence-electron chi connectivity index (χ0n) is 10.8. The molecule has 102 valence electrons. The summed E-state index contributed by atoms with van der Waals surface area (Å²) in [6, 6.07) is 5.36. The van der Waals surface area contributed by atoms with Crippen molar-refractivity contribution >= 4 is 11.8 Å². The summed E-state index contributed by atoms with van der Waals surface area (Å²) in [5, 5.41) is 3.54. The monoisotopic (exact) mass is 279 g/mol. The van der Waals surface area contributed by atoms with Crippen molar-refractivity contribution in [3.05, 3.63) is 41.9 Å². The molecular formula is C15H18FNOS. The number of thioether (sulfide) groups is 1. The van der Waals surface area contributed by atoms with E-state index in [1.165, 1.54) is 4.90 Å². The highest BCUT2D eigenvalue weighted by atomic mass is 32.2. The Bertz CT molecular complexity index is 477. The smallest absolute Gasteiger partial charge is 0.123 e. The number of benzene rings is 1. The van der Waals surface area contributed by atoms with Crippen molar-refractivity contribution < 1.29 is 9.13 Å². The first-order chi connectivity index (χ1) is 9.33. The average molecular weight is 279 g/mol. The van der Waals surface area contributed by atoms with Crippen LogP contribution in [0.15, 0.2) is 35.4 Å². The summed E-state index contributed by atoms with van der Waals surface area (Å²) >= 11 is 1.81. The maximum Gasteiger partial charge on any atom is 0.123 e. The Kier molecular flexibility index (Phi) is 4.09. The summed E-state index contributed by atoms with van der Waals surface area (Å²) in [4.78, 5) is 1.20. The number of nitrogens with one attached hydrogen (secondary N) is 1. The number of rotatable bonds is 3. The summed E-state index contributed by atoms with van der Waals surface area (Å²) in [5.74, 6) is 0.937. The SMILES string of the molecule is Fc1ccc2c(c1)C(NCC1CCC=CO1)CCS2. The van der Waals surface area contributed by atoms with Crippen molar-refractivity contribution in [3.63, 3.8) is 0 Å². The molecule has 0 saturated carbocycles. The quantitative estimate of drug-likeness (QED) is 0.912. The lowest BCUT2D eigenvalue weighted by atomic mass is 10.0. The third kappa shape index (κ3) is 3.12. The van der Waals surface area contributed by atoms with E-state index in [1.807, 2.05) is 17.8 Å². The van der Waals surface area contributed by atoms with Gasteiger partial charge in [-0.1, -0.05) is 0 Å². The van der Waals surface area contributed by atoms with Gasteiger partial charge in [0.1, 0.15) is 11.9 Å². The lowest BCUT2D eigenvalue weighted by molar-refractivity contribution is 0.119. The van der Waals surface area contributed by atoms with Crippen LogP contribution in [0.3, 0.4) is 0 Å². The van der Waals surface area contributed by atoms with Gasteiger partial charge in [-0.2, -0.15) is 0 Å².